The Morgan fingerprint density at radius 3 is 1.96 bits per heavy atom. The van der Waals surface area contributed by atoms with Crippen molar-refractivity contribution in [2.24, 2.45) is 0 Å². The molecule has 144 valence electrons. The van der Waals surface area contributed by atoms with Crippen LogP contribution in [0.4, 0.5) is 0 Å². The quantitative estimate of drug-likeness (QED) is 0.299. The van der Waals surface area contributed by atoms with Gasteiger partial charge in [0.05, 0.1) is 0 Å². The normalized spacial score (nSPS) is 11.5. The van der Waals surface area contributed by atoms with Gasteiger partial charge in [0, 0.05) is 19.4 Å². The standard InChI is InChI=1S/C22H32O4/c1-5-6-7-8-9-10-11-20-12-14-21(15-13-20)16-17(2)22(25-18(3)23)26-19(4)24/h12-16,22H,5-11H2,1-4H3. The minimum atomic E-state index is -0.979. The van der Waals surface area contributed by atoms with E-state index in [0.29, 0.717) is 5.57 Å². The van der Waals surface area contributed by atoms with Gasteiger partial charge in [0.1, 0.15) is 0 Å². The zero-order chi connectivity index (χ0) is 19.4. The summed E-state index contributed by atoms with van der Waals surface area (Å²) in [4.78, 5) is 22.4. The Morgan fingerprint density at radius 1 is 0.885 bits per heavy atom. The summed E-state index contributed by atoms with van der Waals surface area (Å²) in [7, 11) is 0. The monoisotopic (exact) mass is 360 g/mol. The van der Waals surface area contributed by atoms with E-state index in [2.05, 4.69) is 19.1 Å². The predicted molar refractivity (Wildman–Crippen MR) is 104 cm³/mol. The van der Waals surface area contributed by atoms with Gasteiger partial charge in [0.25, 0.3) is 6.29 Å². The number of aryl methyl sites for hydroxylation is 1. The second-order valence-electron chi connectivity index (χ2n) is 6.70. The molecule has 26 heavy (non-hydrogen) atoms. The fourth-order valence-corrected chi connectivity index (χ4v) is 2.73. The summed E-state index contributed by atoms with van der Waals surface area (Å²) in [6, 6.07) is 8.32. The molecule has 0 N–H and O–H groups in total. The van der Waals surface area contributed by atoms with E-state index < -0.39 is 18.2 Å². The maximum absolute atomic E-state index is 11.2. The lowest BCUT2D eigenvalue weighted by Gasteiger charge is -2.17. The molecule has 0 atom stereocenters. The van der Waals surface area contributed by atoms with Crippen molar-refractivity contribution in [2.75, 3.05) is 0 Å². The predicted octanol–water partition coefficient (Wildman–Crippen LogP) is 5.45. The molecule has 0 radical (unpaired) electrons. The van der Waals surface area contributed by atoms with Gasteiger partial charge in [-0.2, -0.15) is 0 Å². The molecule has 0 bridgehead atoms. The summed E-state index contributed by atoms with van der Waals surface area (Å²) in [6.07, 6.45) is 9.77. The van der Waals surface area contributed by atoms with Gasteiger partial charge in [0.2, 0.25) is 0 Å². The maximum atomic E-state index is 11.2. The Labute approximate surface area is 157 Å². The minimum Gasteiger partial charge on any atom is -0.421 e. The van der Waals surface area contributed by atoms with Gasteiger partial charge in [-0.3, -0.25) is 9.59 Å². The molecular formula is C22H32O4. The lowest BCUT2D eigenvalue weighted by Crippen LogP contribution is -2.23. The van der Waals surface area contributed by atoms with Crippen LogP contribution in [0.1, 0.15) is 77.3 Å². The fraction of sp³-hybridized carbons (Fsp3) is 0.545. The Balaban J connectivity index is 2.58. The molecular weight excluding hydrogens is 328 g/mol. The highest BCUT2D eigenvalue weighted by Gasteiger charge is 2.17. The number of ether oxygens (including phenoxy) is 2. The average Bonchev–Trinajstić information content (AvgIpc) is 2.58. The molecule has 0 heterocycles. The lowest BCUT2D eigenvalue weighted by atomic mass is 10.0. The molecule has 1 aromatic carbocycles. The number of unbranched alkanes of at least 4 members (excludes halogenated alkanes) is 5. The smallest absolute Gasteiger partial charge is 0.305 e. The summed E-state index contributed by atoms with van der Waals surface area (Å²) in [5, 5.41) is 0. The van der Waals surface area contributed by atoms with Crippen LogP contribution in [-0.2, 0) is 25.5 Å². The summed E-state index contributed by atoms with van der Waals surface area (Å²) >= 11 is 0. The molecule has 1 aromatic rings. The van der Waals surface area contributed by atoms with Gasteiger partial charge in [-0.25, -0.2) is 0 Å². The highest BCUT2D eigenvalue weighted by molar-refractivity contribution is 5.69. The van der Waals surface area contributed by atoms with Crippen molar-refractivity contribution in [2.45, 2.75) is 78.9 Å². The Morgan fingerprint density at radius 2 is 1.42 bits per heavy atom. The second-order valence-corrected chi connectivity index (χ2v) is 6.70. The number of carbonyl (C=O) groups excluding carboxylic acids is 2. The van der Waals surface area contributed by atoms with Crippen LogP contribution in [0, 0.1) is 0 Å². The molecule has 0 fully saturated rings. The fourth-order valence-electron chi connectivity index (χ4n) is 2.73. The molecule has 0 unspecified atom stereocenters. The third kappa shape index (κ3) is 9.40. The van der Waals surface area contributed by atoms with Crippen LogP contribution < -0.4 is 0 Å². The van der Waals surface area contributed by atoms with E-state index in [1.807, 2.05) is 18.2 Å². The molecule has 0 aliphatic carbocycles. The van der Waals surface area contributed by atoms with E-state index in [9.17, 15) is 9.59 Å². The number of esters is 2. The molecule has 4 nitrogen and oxygen atoms in total. The van der Waals surface area contributed by atoms with Crippen LogP contribution in [-0.4, -0.2) is 18.2 Å². The first-order valence-electron chi connectivity index (χ1n) is 9.54. The van der Waals surface area contributed by atoms with Crippen LogP contribution in [0.3, 0.4) is 0 Å². The van der Waals surface area contributed by atoms with Crippen LogP contribution in [0.2, 0.25) is 0 Å². The third-order valence-electron chi connectivity index (χ3n) is 4.11. The van der Waals surface area contributed by atoms with E-state index in [0.717, 1.165) is 12.0 Å². The Kier molecular flexibility index (Phi) is 10.4. The van der Waals surface area contributed by atoms with E-state index in [1.54, 1.807) is 6.92 Å². The molecule has 0 spiro atoms. The van der Waals surface area contributed by atoms with E-state index in [4.69, 9.17) is 9.47 Å². The Hall–Kier alpha value is -2.10. The second kappa shape index (κ2) is 12.3. The van der Waals surface area contributed by atoms with Gasteiger partial charge in [-0.1, -0.05) is 63.3 Å². The van der Waals surface area contributed by atoms with Crippen molar-refractivity contribution in [3.8, 4) is 0 Å². The van der Waals surface area contributed by atoms with Gasteiger partial charge < -0.3 is 9.47 Å². The minimum absolute atomic E-state index is 0.488. The van der Waals surface area contributed by atoms with Crippen molar-refractivity contribution in [3.63, 3.8) is 0 Å². The number of carbonyl (C=O) groups is 2. The molecule has 0 aliphatic rings. The first-order chi connectivity index (χ1) is 12.4. The molecule has 4 heteroatoms. The summed E-state index contributed by atoms with van der Waals surface area (Å²) < 4.78 is 10.1. The first kappa shape index (κ1) is 21.9. The number of hydrogen-bond donors (Lipinski definition) is 0. The molecule has 1 rings (SSSR count). The summed E-state index contributed by atoms with van der Waals surface area (Å²) in [5.41, 5.74) is 2.98. The molecule has 0 aliphatic heterocycles. The van der Waals surface area contributed by atoms with Crippen LogP contribution in [0.5, 0.6) is 0 Å². The van der Waals surface area contributed by atoms with Crippen LogP contribution in [0.15, 0.2) is 29.8 Å². The van der Waals surface area contributed by atoms with Crippen LogP contribution in [0.25, 0.3) is 6.08 Å². The maximum Gasteiger partial charge on any atom is 0.305 e. The summed E-state index contributed by atoms with van der Waals surface area (Å²) in [5.74, 6) is -0.975. The number of hydrogen-bond acceptors (Lipinski definition) is 4. The molecule has 0 saturated carbocycles. The Bertz CT molecular complexity index is 571. The number of benzene rings is 1. The van der Waals surface area contributed by atoms with Crippen molar-refractivity contribution in [1.82, 2.24) is 0 Å². The van der Waals surface area contributed by atoms with Gasteiger partial charge >= 0.3 is 11.9 Å². The zero-order valence-electron chi connectivity index (χ0n) is 16.5. The van der Waals surface area contributed by atoms with Gasteiger partial charge in [-0.05, 0) is 37.0 Å². The van der Waals surface area contributed by atoms with Crippen molar-refractivity contribution in [3.05, 3.63) is 41.0 Å². The average molecular weight is 360 g/mol. The van der Waals surface area contributed by atoms with Crippen molar-refractivity contribution in [1.29, 1.82) is 0 Å². The molecule has 0 amide bonds. The van der Waals surface area contributed by atoms with Crippen molar-refractivity contribution < 1.29 is 19.1 Å². The largest absolute Gasteiger partial charge is 0.421 e. The third-order valence-corrected chi connectivity index (χ3v) is 4.11. The molecule has 0 aromatic heterocycles. The molecule has 0 saturated heterocycles. The number of rotatable bonds is 11. The van der Waals surface area contributed by atoms with E-state index in [1.165, 1.54) is 57.9 Å². The highest BCUT2D eigenvalue weighted by atomic mass is 16.7. The summed E-state index contributed by atoms with van der Waals surface area (Å²) in [6.45, 7) is 6.60. The SMILES string of the molecule is CCCCCCCCc1ccc(C=C(C)C(OC(C)=O)OC(C)=O)cc1. The van der Waals surface area contributed by atoms with Crippen molar-refractivity contribution >= 4 is 18.0 Å². The van der Waals surface area contributed by atoms with E-state index in [-0.39, 0.29) is 0 Å². The van der Waals surface area contributed by atoms with Gasteiger partial charge in [-0.15, -0.1) is 0 Å². The first-order valence-corrected chi connectivity index (χ1v) is 9.54. The lowest BCUT2D eigenvalue weighted by molar-refractivity contribution is -0.177. The van der Waals surface area contributed by atoms with E-state index >= 15 is 0 Å². The van der Waals surface area contributed by atoms with Crippen LogP contribution >= 0.6 is 0 Å². The highest BCUT2D eigenvalue weighted by Crippen LogP contribution is 2.16. The van der Waals surface area contributed by atoms with Gasteiger partial charge in [0.15, 0.2) is 0 Å². The topological polar surface area (TPSA) is 52.6 Å². The zero-order valence-corrected chi connectivity index (χ0v) is 16.5.